The van der Waals surface area contributed by atoms with Gasteiger partial charge in [0.25, 0.3) is 5.91 Å². The van der Waals surface area contributed by atoms with Crippen LogP contribution in [0.25, 0.3) is 10.6 Å². The zero-order valence-corrected chi connectivity index (χ0v) is 16.1. The minimum atomic E-state index is -4.78. The number of hydrogen-bond acceptors (Lipinski definition) is 5. The molecule has 2 atom stereocenters. The lowest BCUT2D eigenvalue weighted by atomic mass is 9.99. The van der Waals surface area contributed by atoms with Crippen molar-refractivity contribution in [2.75, 3.05) is 0 Å². The van der Waals surface area contributed by atoms with Gasteiger partial charge < -0.3 is 15.2 Å². The number of amides is 1. The highest BCUT2D eigenvalue weighted by molar-refractivity contribution is 7.17. The molecule has 2 aromatic rings. The predicted molar refractivity (Wildman–Crippen MR) is 97.3 cm³/mol. The third-order valence-corrected chi connectivity index (χ3v) is 5.31. The van der Waals surface area contributed by atoms with Crippen LogP contribution in [0.5, 0.6) is 5.75 Å². The topological polar surface area (TPSA) is 88.5 Å². The summed E-state index contributed by atoms with van der Waals surface area (Å²) in [7, 11) is 0. The van der Waals surface area contributed by atoms with E-state index >= 15 is 0 Å². The molecule has 0 spiro atoms. The normalized spacial score (nSPS) is 13.6. The van der Waals surface area contributed by atoms with Gasteiger partial charge >= 0.3 is 12.3 Å². The fourth-order valence-electron chi connectivity index (χ4n) is 2.42. The van der Waals surface area contributed by atoms with Crippen molar-refractivity contribution in [1.29, 1.82) is 0 Å². The summed E-state index contributed by atoms with van der Waals surface area (Å²) in [4.78, 5) is 28.4. The molecule has 28 heavy (non-hydrogen) atoms. The van der Waals surface area contributed by atoms with E-state index in [2.05, 4.69) is 15.0 Å². The van der Waals surface area contributed by atoms with Crippen LogP contribution >= 0.6 is 11.3 Å². The van der Waals surface area contributed by atoms with E-state index in [9.17, 15) is 27.9 Å². The van der Waals surface area contributed by atoms with E-state index in [-0.39, 0.29) is 16.5 Å². The monoisotopic (exact) mass is 416 g/mol. The van der Waals surface area contributed by atoms with Gasteiger partial charge in [0.2, 0.25) is 0 Å². The van der Waals surface area contributed by atoms with E-state index in [0.717, 1.165) is 23.5 Å². The van der Waals surface area contributed by atoms with Crippen molar-refractivity contribution >= 4 is 23.2 Å². The number of aromatic nitrogens is 1. The van der Waals surface area contributed by atoms with Gasteiger partial charge in [-0.1, -0.05) is 20.3 Å². The highest BCUT2D eigenvalue weighted by Gasteiger charge is 2.31. The number of rotatable bonds is 7. The number of carbonyl (C=O) groups excluding carboxylic acids is 1. The summed E-state index contributed by atoms with van der Waals surface area (Å²) < 4.78 is 40.5. The lowest BCUT2D eigenvalue weighted by molar-refractivity contribution is -0.274. The van der Waals surface area contributed by atoms with Crippen molar-refractivity contribution in [1.82, 2.24) is 10.3 Å². The summed E-state index contributed by atoms with van der Waals surface area (Å²) in [5.41, 5.74) is 0.916. The first-order valence-corrected chi connectivity index (χ1v) is 9.20. The highest BCUT2D eigenvalue weighted by Crippen LogP contribution is 2.30. The zero-order valence-electron chi connectivity index (χ0n) is 15.3. The van der Waals surface area contributed by atoms with Crippen molar-refractivity contribution < 1.29 is 32.6 Å². The van der Waals surface area contributed by atoms with Crippen molar-refractivity contribution in [3.8, 4) is 16.3 Å². The van der Waals surface area contributed by atoms with Crippen LogP contribution in [0.15, 0.2) is 24.3 Å². The van der Waals surface area contributed by atoms with Gasteiger partial charge in [0.1, 0.15) is 21.7 Å². The van der Waals surface area contributed by atoms with Crippen molar-refractivity contribution in [3.05, 3.63) is 34.8 Å². The minimum absolute atomic E-state index is 0.250. The van der Waals surface area contributed by atoms with Gasteiger partial charge in [0.15, 0.2) is 0 Å². The first-order valence-electron chi connectivity index (χ1n) is 8.39. The van der Waals surface area contributed by atoms with Gasteiger partial charge in [0, 0.05) is 5.56 Å². The Hall–Kier alpha value is -2.62. The Bertz CT molecular complexity index is 850. The maximum Gasteiger partial charge on any atom is 0.573 e. The SMILES string of the molecule is CCC(C)C(NC(=O)c1sc(-c2ccc(OC(F)(F)F)cc2)nc1C)C(=O)O. The van der Waals surface area contributed by atoms with Gasteiger partial charge in [-0.05, 0) is 37.1 Å². The van der Waals surface area contributed by atoms with Crippen LogP contribution in [0.2, 0.25) is 0 Å². The molecule has 0 aliphatic rings. The van der Waals surface area contributed by atoms with Crippen LogP contribution in [-0.4, -0.2) is 34.4 Å². The number of alkyl halides is 3. The van der Waals surface area contributed by atoms with E-state index in [1.165, 1.54) is 12.1 Å². The number of ether oxygens (including phenoxy) is 1. The van der Waals surface area contributed by atoms with Crippen LogP contribution < -0.4 is 10.1 Å². The van der Waals surface area contributed by atoms with Gasteiger partial charge in [-0.3, -0.25) is 4.79 Å². The lowest BCUT2D eigenvalue weighted by Crippen LogP contribution is -2.44. The molecule has 2 rings (SSSR count). The largest absolute Gasteiger partial charge is 0.573 e. The minimum Gasteiger partial charge on any atom is -0.480 e. The number of nitrogens with zero attached hydrogens (tertiary/aromatic N) is 1. The van der Waals surface area contributed by atoms with Gasteiger partial charge in [0.05, 0.1) is 5.69 Å². The summed E-state index contributed by atoms with van der Waals surface area (Å²) in [6.45, 7) is 5.17. The van der Waals surface area contributed by atoms with Gasteiger partial charge in [-0.15, -0.1) is 24.5 Å². The fourth-order valence-corrected chi connectivity index (χ4v) is 3.39. The summed E-state index contributed by atoms with van der Waals surface area (Å²) in [6.07, 6.45) is -4.20. The van der Waals surface area contributed by atoms with Crippen LogP contribution in [0.4, 0.5) is 13.2 Å². The van der Waals surface area contributed by atoms with Crippen molar-refractivity contribution in [2.45, 2.75) is 39.6 Å². The lowest BCUT2D eigenvalue weighted by Gasteiger charge is -2.19. The Morgan fingerprint density at radius 2 is 1.89 bits per heavy atom. The van der Waals surface area contributed by atoms with E-state index in [0.29, 0.717) is 22.7 Å². The molecule has 1 amide bonds. The smallest absolute Gasteiger partial charge is 0.480 e. The van der Waals surface area contributed by atoms with Crippen LogP contribution in [0.3, 0.4) is 0 Å². The number of halogens is 3. The highest BCUT2D eigenvalue weighted by atomic mass is 32.1. The number of hydrogen-bond donors (Lipinski definition) is 2. The average Bonchev–Trinajstić information content (AvgIpc) is 2.99. The quantitative estimate of drug-likeness (QED) is 0.705. The third-order valence-electron chi connectivity index (χ3n) is 4.10. The summed E-state index contributed by atoms with van der Waals surface area (Å²) in [5, 5.41) is 12.2. The zero-order chi connectivity index (χ0) is 21.1. The van der Waals surface area contributed by atoms with Gasteiger partial charge in [-0.25, -0.2) is 9.78 Å². The van der Waals surface area contributed by atoms with Crippen LogP contribution in [-0.2, 0) is 4.79 Å². The fraction of sp³-hybridized carbons (Fsp3) is 0.389. The first kappa shape index (κ1) is 21.7. The van der Waals surface area contributed by atoms with Crippen molar-refractivity contribution in [3.63, 3.8) is 0 Å². The van der Waals surface area contributed by atoms with Crippen LogP contribution in [0, 0.1) is 12.8 Å². The summed E-state index contributed by atoms with van der Waals surface area (Å²) in [5.74, 6) is -2.29. The predicted octanol–water partition coefficient (Wildman–Crippen LogP) is 4.25. The van der Waals surface area contributed by atoms with Crippen LogP contribution in [0.1, 0.15) is 35.6 Å². The second-order valence-corrected chi connectivity index (χ2v) is 7.18. The molecule has 1 aromatic carbocycles. The molecular weight excluding hydrogens is 397 g/mol. The Balaban J connectivity index is 2.20. The van der Waals surface area contributed by atoms with E-state index in [1.54, 1.807) is 13.8 Å². The van der Waals surface area contributed by atoms with Gasteiger partial charge in [-0.2, -0.15) is 0 Å². The molecule has 10 heteroatoms. The molecule has 0 aliphatic heterocycles. The molecule has 0 saturated heterocycles. The number of aryl methyl sites for hydroxylation is 1. The Labute approximate surface area is 163 Å². The molecule has 0 bridgehead atoms. The summed E-state index contributed by atoms with van der Waals surface area (Å²) >= 11 is 1.03. The second kappa shape index (κ2) is 8.59. The first-order chi connectivity index (χ1) is 13.0. The molecule has 6 nitrogen and oxygen atoms in total. The maximum atomic E-state index is 12.5. The average molecular weight is 416 g/mol. The van der Waals surface area contributed by atoms with E-state index < -0.39 is 24.3 Å². The maximum absolute atomic E-state index is 12.5. The Morgan fingerprint density at radius 3 is 2.39 bits per heavy atom. The molecule has 0 radical (unpaired) electrons. The Kier molecular flexibility index (Phi) is 6.65. The Morgan fingerprint density at radius 1 is 1.29 bits per heavy atom. The second-order valence-electron chi connectivity index (χ2n) is 6.18. The number of thiazole rings is 1. The molecule has 1 aromatic heterocycles. The van der Waals surface area contributed by atoms with E-state index in [4.69, 9.17) is 0 Å². The number of nitrogens with one attached hydrogen (secondary N) is 1. The number of carboxylic acids is 1. The number of aliphatic carboxylic acids is 1. The molecule has 0 fully saturated rings. The standard InChI is InChI=1S/C18H19F3N2O4S/c1-4-9(2)13(17(25)26)23-15(24)14-10(3)22-16(28-14)11-5-7-12(8-6-11)27-18(19,20)21/h5-9,13H,4H2,1-3H3,(H,23,24)(H,25,26). The number of carboxylic acid groups (broad SMARTS) is 1. The molecule has 0 aliphatic carbocycles. The summed E-state index contributed by atoms with van der Waals surface area (Å²) in [6, 6.07) is 4.09. The van der Waals surface area contributed by atoms with Crippen molar-refractivity contribution in [2.24, 2.45) is 5.92 Å². The van der Waals surface area contributed by atoms with E-state index in [1.807, 2.05) is 6.92 Å². The molecule has 2 N–H and O–H groups in total. The molecule has 1 heterocycles. The molecule has 0 saturated carbocycles. The molecule has 152 valence electrons. The number of benzene rings is 1. The molecular formula is C18H19F3N2O4S. The molecule has 2 unspecified atom stereocenters. The number of carbonyl (C=O) groups is 2. The third kappa shape index (κ3) is 5.44.